The Kier molecular flexibility index (Phi) is 4.52. The van der Waals surface area contributed by atoms with E-state index >= 15 is 0 Å². The Morgan fingerprint density at radius 1 is 1.38 bits per heavy atom. The van der Waals surface area contributed by atoms with Gasteiger partial charge in [0.1, 0.15) is 11.6 Å². The molecule has 1 heterocycles. The summed E-state index contributed by atoms with van der Waals surface area (Å²) in [5.74, 6) is -0.525. The average molecular weight is 340 g/mol. The van der Waals surface area contributed by atoms with E-state index in [1.165, 1.54) is 24.5 Å². The zero-order chi connectivity index (χ0) is 17.3. The largest absolute Gasteiger partial charge is 0.319 e. The van der Waals surface area contributed by atoms with Crippen LogP contribution in [0.2, 0.25) is 0 Å². The second kappa shape index (κ2) is 6.60. The molecule has 0 saturated heterocycles. The number of hydrogen-bond acceptors (Lipinski definition) is 4. The van der Waals surface area contributed by atoms with Crippen molar-refractivity contribution >= 4 is 5.69 Å². The maximum Gasteiger partial charge on any atom is 0.319 e. The van der Waals surface area contributed by atoms with E-state index < -0.39 is 17.3 Å². The quantitative estimate of drug-likeness (QED) is 0.572. The van der Waals surface area contributed by atoms with E-state index in [1.54, 1.807) is 4.90 Å². The third-order valence-corrected chi connectivity index (χ3v) is 4.02. The highest BCUT2D eigenvalue weighted by Gasteiger charge is 2.32. The van der Waals surface area contributed by atoms with Gasteiger partial charge in [0.15, 0.2) is 0 Å². The standard InChI is InChI=1S/C15H15F3N4O2/c16-12-2-1-3-13(22(23)24)11(12)8-20(10-4-5-10)9-14-19-6-7-21(14)15(17)18/h1-3,6-7,10,15H,4-5,8-9H2. The van der Waals surface area contributed by atoms with Crippen LogP contribution < -0.4 is 0 Å². The molecule has 6 nitrogen and oxygen atoms in total. The third-order valence-electron chi connectivity index (χ3n) is 4.02. The Labute approximate surface area is 135 Å². The third kappa shape index (κ3) is 3.40. The van der Waals surface area contributed by atoms with Crippen molar-refractivity contribution in [2.45, 2.75) is 38.5 Å². The van der Waals surface area contributed by atoms with E-state index in [1.807, 2.05) is 0 Å². The fourth-order valence-electron chi connectivity index (χ4n) is 2.66. The van der Waals surface area contributed by atoms with Gasteiger partial charge in [-0.05, 0) is 18.9 Å². The molecule has 3 rings (SSSR count). The molecule has 0 bridgehead atoms. The Balaban J connectivity index is 1.86. The highest BCUT2D eigenvalue weighted by molar-refractivity contribution is 5.41. The summed E-state index contributed by atoms with van der Waals surface area (Å²) in [6.45, 7) is -2.66. The highest BCUT2D eigenvalue weighted by atomic mass is 19.3. The lowest BCUT2D eigenvalue weighted by Crippen LogP contribution is -2.27. The first-order valence-electron chi connectivity index (χ1n) is 7.43. The second-order valence-electron chi connectivity index (χ2n) is 5.66. The Morgan fingerprint density at radius 2 is 2.12 bits per heavy atom. The molecule has 0 N–H and O–H groups in total. The first kappa shape index (κ1) is 16.4. The monoisotopic (exact) mass is 340 g/mol. The molecular formula is C15H15F3N4O2. The molecule has 0 amide bonds. The summed E-state index contributed by atoms with van der Waals surface area (Å²) >= 11 is 0. The second-order valence-corrected chi connectivity index (χ2v) is 5.66. The number of rotatable bonds is 7. The lowest BCUT2D eigenvalue weighted by Gasteiger charge is -2.22. The molecule has 0 aliphatic heterocycles. The van der Waals surface area contributed by atoms with Gasteiger partial charge in [-0.3, -0.25) is 19.6 Å². The van der Waals surface area contributed by atoms with Crippen molar-refractivity contribution < 1.29 is 18.1 Å². The molecule has 0 radical (unpaired) electrons. The Bertz CT molecular complexity index is 746. The average Bonchev–Trinajstić information content (AvgIpc) is 3.27. The van der Waals surface area contributed by atoms with Crippen LogP contribution in [-0.4, -0.2) is 25.4 Å². The minimum Gasteiger partial charge on any atom is -0.288 e. The van der Waals surface area contributed by atoms with Gasteiger partial charge in [0.25, 0.3) is 5.69 Å². The Morgan fingerprint density at radius 3 is 2.75 bits per heavy atom. The number of alkyl halides is 2. The summed E-state index contributed by atoms with van der Waals surface area (Å²) in [5.41, 5.74) is -0.345. The van der Waals surface area contributed by atoms with E-state index in [-0.39, 0.29) is 36.2 Å². The predicted octanol–water partition coefficient (Wildman–Crippen LogP) is 3.49. The van der Waals surface area contributed by atoms with Crippen molar-refractivity contribution in [3.8, 4) is 0 Å². The number of halogens is 3. The number of benzene rings is 1. The number of aromatic nitrogens is 2. The molecule has 1 fully saturated rings. The lowest BCUT2D eigenvalue weighted by atomic mass is 10.1. The van der Waals surface area contributed by atoms with Gasteiger partial charge in [0.05, 0.1) is 17.0 Å². The maximum atomic E-state index is 14.1. The van der Waals surface area contributed by atoms with Crippen LogP contribution in [0.3, 0.4) is 0 Å². The van der Waals surface area contributed by atoms with Crippen LogP contribution in [-0.2, 0) is 13.1 Å². The number of hydrogen-bond donors (Lipinski definition) is 0. The van der Waals surface area contributed by atoms with E-state index in [0.717, 1.165) is 23.5 Å². The van der Waals surface area contributed by atoms with Crippen molar-refractivity contribution in [1.82, 2.24) is 14.5 Å². The molecule has 0 spiro atoms. The zero-order valence-electron chi connectivity index (χ0n) is 12.6. The maximum absolute atomic E-state index is 14.1. The number of nitro groups is 1. The Hall–Kier alpha value is -2.42. The summed E-state index contributed by atoms with van der Waals surface area (Å²) in [6, 6.07) is 3.77. The van der Waals surface area contributed by atoms with Crippen molar-refractivity contribution in [2.24, 2.45) is 0 Å². The highest BCUT2D eigenvalue weighted by Crippen LogP contribution is 2.32. The number of nitrogens with zero attached hydrogens (tertiary/aromatic N) is 4. The molecule has 128 valence electrons. The van der Waals surface area contributed by atoms with Gasteiger partial charge in [-0.1, -0.05) is 6.07 Å². The van der Waals surface area contributed by atoms with Crippen LogP contribution in [0.25, 0.3) is 0 Å². The minimum atomic E-state index is -2.72. The summed E-state index contributed by atoms with van der Waals surface area (Å²) in [6.07, 6.45) is 4.14. The molecule has 24 heavy (non-hydrogen) atoms. The van der Waals surface area contributed by atoms with Crippen molar-refractivity contribution in [1.29, 1.82) is 0 Å². The smallest absolute Gasteiger partial charge is 0.288 e. The minimum absolute atomic E-state index is 0.0241. The van der Waals surface area contributed by atoms with Crippen LogP contribution in [0.5, 0.6) is 0 Å². The summed E-state index contributed by atoms with van der Waals surface area (Å²) < 4.78 is 40.7. The zero-order valence-corrected chi connectivity index (χ0v) is 12.6. The van der Waals surface area contributed by atoms with E-state index in [2.05, 4.69) is 4.98 Å². The van der Waals surface area contributed by atoms with E-state index in [0.29, 0.717) is 0 Å². The molecule has 1 aliphatic rings. The molecule has 1 aliphatic carbocycles. The van der Waals surface area contributed by atoms with Gasteiger partial charge >= 0.3 is 6.55 Å². The van der Waals surface area contributed by atoms with Crippen molar-refractivity contribution in [2.75, 3.05) is 0 Å². The molecular weight excluding hydrogens is 325 g/mol. The molecule has 1 aromatic heterocycles. The van der Waals surface area contributed by atoms with Gasteiger partial charge in [0.2, 0.25) is 0 Å². The topological polar surface area (TPSA) is 64.2 Å². The van der Waals surface area contributed by atoms with Crippen molar-refractivity contribution in [3.05, 3.63) is 57.9 Å². The summed E-state index contributed by atoms with van der Waals surface area (Å²) in [4.78, 5) is 16.2. The lowest BCUT2D eigenvalue weighted by molar-refractivity contribution is -0.386. The number of nitro benzene ring substituents is 1. The van der Waals surface area contributed by atoms with Crippen LogP contribution in [0.1, 0.15) is 30.8 Å². The predicted molar refractivity (Wildman–Crippen MR) is 78.8 cm³/mol. The normalized spacial score (nSPS) is 14.5. The van der Waals surface area contributed by atoms with Crippen LogP contribution in [0.4, 0.5) is 18.9 Å². The van der Waals surface area contributed by atoms with Gasteiger partial charge < -0.3 is 0 Å². The van der Waals surface area contributed by atoms with Gasteiger partial charge in [-0.15, -0.1) is 0 Å². The SMILES string of the molecule is O=[N+]([O-])c1cccc(F)c1CN(Cc1nccn1C(F)F)C1CC1. The van der Waals surface area contributed by atoms with Gasteiger partial charge in [-0.2, -0.15) is 8.78 Å². The molecule has 0 atom stereocenters. The summed E-state index contributed by atoms with van der Waals surface area (Å²) in [5, 5.41) is 11.1. The van der Waals surface area contributed by atoms with Crippen LogP contribution in [0, 0.1) is 15.9 Å². The fraction of sp³-hybridized carbons (Fsp3) is 0.400. The first-order chi connectivity index (χ1) is 11.5. The molecule has 9 heteroatoms. The van der Waals surface area contributed by atoms with Crippen LogP contribution in [0.15, 0.2) is 30.6 Å². The van der Waals surface area contributed by atoms with Crippen molar-refractivity contribution in [3.63, 3.8) is 0 Å². The van der Waals surface area contributed by atoms with E-state index in [4.69, 9.17) is 0 Å². The van der Waals surface area contributed by atoms with Crippen LogP contribution >= 0.6 is 0 Å². The van der Waals surface area contributed by atoms with Gasteiger partial charge in [0, 0.05) is 31.0 Å². The molecule has 1 saturated carbocycles. The molecule has 1 aromatic carbocycles. The molecule has 0 unspecified atom stereocenters. The summed E-state index contributed by atoms with van der Waals surface area (Å²) in [7, 11) is 0. The molecule has 2 aromatic rings. The van der Waals surface area contributed by atoms with E-state index in [9.17, 15) is 23.3 Å². The first-order valence-corrected chi connectivity index (χ1v) is 7.43. The van der Waals surface area contributed by atoms with Gasteiger partial charge in [-0.25, -0.2) is 9.37 Å². The number of imidazole rings is 1. The fourth-order valence-corrected chi connectivity index (χ4v) is 2.66.